The molecule has 2 rings (SSSR count). The van der Waals surface area contributed by atoms with E-state index in [1.54, 1.807) is 11.8 Å². The van der Waals surface area contributed by atoms with Crippen LogP contribution in [0.2, 0.25) is 5.02 Å². The Morgan fingerprint density at radius 2 is 2.05 bits per heavy atom. The average molecular weight is 340 g/mol. The first-order valence-electron chi connectivity index (χ1n) is 6.13. The number of halogens is 2. The van der Waals surface area contributed by atoms with Gasteiger partial charge in [0.2, 0.25) is 10.0 Å². The number of nitrogens with one attached hydrogen (secondary N) is 1. The van der Waals surface area contributed by atoms with Crippen LogP contribution < -0.4 is 4.72 Å². The Kier molecular flexibility index (Phi) is 5.30. The predicted octanol–water partition coefficient (Wildman–Crippen LogP) is 2.15. The fourth-order valence-electron chi connectivity index (χ4n) is 1.99. The van der Waals surface area contributed by atoms with Gasteiger partial charge in [-0.1, -0.05) is 11.6 Å². The number of rotatable bonds is 4. The van der Waals surface area contributed by atoms with Crippen molar-refractivity contribution in [2.75, 3.05) is 11.5 Å². The summed E-state index contributed by atoms with van der Waals surface area (Å²) in [7, 11) is -3.80. The van der Waals surface area contributed by atoms with E-state index < -0.39 is 22.4 Å². The molecule has 0 radical (unpaired) electrons. The summed E-state index contributed by atoms with van der Waals surface area (Å²) < 4.78 is 40.6. The van der Waals surface area contributed by atoms with E-state index in [0.29, 0.717) is 0 Å². The van der Waals surface area contributed by atoms with Gasteiger partial charge in [-0.3, -0.25) is 0 Å². The van der Waals surface area contributed by atoms with Crippen molar-refractivity contribution in [1.29, 1.82) is 0 Å². The molecule has 0 aliphatic carbocycles. The van der Waals surface area contributed by atoms with E-state index in [0.717, 1.165) is 30.4 Å². The van der Waals surface area contributed by atoms with Gasteiger partial charge in [0.15, 0.2) is 0 Å². The van der Waals surface area contributed by atoms with Crippen LogP contribution in [0, 0.1) is 5.82 Å². The number of aliphatic hydroxyl groups excluding tert-OH is 1. The third-order valence-corrected chi connectivity index (χ3v) is 6.07. The fraction of sp³-hybridized carbons (Fsp3) is 0.500. The van der Waals surface area contributed by atoms with Crippen LogP contribution in [0.4, 0.5) is 4.39 Å². The van der Waals surface area contributed by atoms with Gasteiger partial charge in [0.1, 0.15) is 5.82 Å². The third kappa shape index (κ3) is 3.65. The smallest absolute Gasteiger partial charge is 0.240 e. The lowest BCUT2D eigenvalue weighted by Crippen LogP contribution is -2.37. The number of hydrogen-bond acceptors (Lipinski definition) is 4. The maximum Gasteiger partial charge on any atom is 0.240 e. The molecule has 1 aliphatic heterocycles. The van der Waals surface area contributed by atoms with Crippen LogP contribution in [0.3, 0.4) is 0 Å². The molecule has 1 aromatic carbocycles. The number of sulfonamides is 1. The van der Waals surface area contributed by atoms with E-state index in [4.69, 9.17) is 16.7 Å². The molecule has 1 heterocycles. The highest BCUT2D eigenvalue weighted by Crippen LogP contribution is 2.25. The van der Waals surface area contributed by atoms with Gasteiger partial charge in [-0.25, -0.2) is 17.5 Å². The average Bonchev–Trinajstić information content (AvgIpc) is 2.42. The molecule has 20 heavy (non-hydrogen) atoms. The van der Waals surface area contributed by atoms with Crippen molar-refractivity contribution in [3.05, 3.63) is 28.5 Å². The van der Waals surface area contributed by atoms with Crippen molar-refractivity contribution in [2.24, 2.45) is 0 Å². The van der Waals surface area contributed by atoms with Crippen molar-refractivity contribution < 1.29 is 17.9 Å². The zero-order chi connectivity index (χ0) is 14.8. The Balaban J connectivity index is 2.26. The van der Waals surface area contributed by atoms with Crippen LogP contribution >= 0.6 is 23.4 Å². The first kappa shape index (κ1) is 16.0. The van der Waals surface area contributed by atoms with E-state index in [9.17, 15) is 12.8 Å². The molecule has 0 spiro atoms. The summed E-state index contributed by atoms with van der Waals surface area (Å²) in [6.07, 6.45) is 1.51. The minimum atomic E-state index is -3.80. The zero-order valence-corrected chi connectivity index (χ0v) is 13.0. The quantitative estimate of drug-likeness (QED) is 0.882. The van der Waals surface area contributed by atoms with Crippen LogP contribution in [0.25, 0.3) is 0 Å². The molecule has 2 N–H and O–H groups in total. The van der Waals surface area contributed by atoms with Gasteiger partial charge >= 0.3 is 0 Å². The molecule has 8 heteroatoms. The molecule has 112 valence electrons. The minimum Gasteiger partial charge on any atom is -0.392 e. The lowest BCUT2D eigenvalue weighted by Gasteiger charge is -2.22. The van der Waals surface area contributed by atoms with Gasteiger partial charge < -0.3 is 5.11 Å². The number of thioether (sulfide) groups is 1. The molecule has 4 nitrogen and oxygen atoms in total. The van der Waals surface area contributed by atoms with Crippen LogP contribution in [0.5, 0.6) is 0 Å². The summed E-state index contributed by atoms with van der Waals surface area (Å²) in [4.78, 5) is -0.207. The third-order valence-electron chi connectivity index (χ3n) is 3.10. The largest absolute Gasteiger partial charge is 0.392 e. The Morgan fingerprint density at radius 3 is 2.65 bits per heavy atom. The molecule has 0 aromatic heterocycles. The summed E-state index contributed by atoms with van der Waals surface area (Å²) in [5.74, 6) is 0.964. The predicted molar refractivity (Wildman–Crippen MR) is 78.0 cm³/mol. The van der Waals surface area contributed by atoms with Crippen molar-refractivity contribution >= 4 is 33.4 Å². The molecule has 1 aromatic rings. The highest BCUT2D eigenvalue weighted by atomic mass is 35.5. The van der Waals surface area contributed by atoms with Gasteiger partial charge in [0.05, 0.1) is 16.5 Å². The summed E-state index contributed by atoms with van der Waals surface area (Å²) in [6, 6.07) is 1.95. The van der Waals surface area contributed by atoms with Crippen LogP contribution in [0.15, 0.2) is 17.0 Å². The second-order valence-electron chi connectivity index (χ2n) is 4.54. The zero-order valence-electron chi connectivity index (χ0n) is 10.6. The molecular formula is C12H15ClFNO3S2. The van der Waals surface area contributed by atoms with E-state index in [1.807, 2.05) is 0 Å². The summed E-state index contributed by atoms with van der Waals surface area (Å²) in [5, 5.41) is 8.84. The highest BCUT2D eigenvalue weighted by Gasteiger charge is 2.23. The molecule has 0 saturated carbocycles. The van der Waals surface area contributed by atoms with Gasteiger partial charge in [-0.05, 0) is 36.5 Å². The first-order valence-corrected chi connectivity index (χ1v) is 9.14. The SMILES string of the molecule is O=S(=O)(NC1CCSCC1)c1cc(F)c(Cl)c(CO)c1. The number of aliphatic hydroxyl groups is 1. The van der Waals surface area contributed by atoms with Crippen molar-refractivity contribution in [3.63, 3.8) is 0 Å². The molecule has 1 aliphatic rings. The second kappa shape index (κ2) is 6.62. The van der Waals surface area contributed by atoms with Crippen LogP contribution in [0.1, 0.15) is 18.4 Å². The van der Waals surface area contributed by atoms with E-state index >= 15 is 0 Å². The maximum absolute atomic E-state index is 13.6. The van der Waals surface area contributed by atoms with Gasteiger partial charge in [-0.15, -0.1) is 0 Å². The molecule has 1 fully saturated rings. The van der Waals surface area contributed by atoms with E-state index in [2.05, 4.69) is 4.72 Å². The van der Waals surface area contributed by atoms with Crippen molar-refractivity contribution in [1.82, 2.24) is 4.72 Å². The number of benzene rings is 1. The van der Waals surface area contributed by atoms with Crippen molar-refractivity contribution in [3.8, 4) is 0 Å². The maximum atomic E-state index is 13.6. The van der Waals surface area contributed by atoms with Gasteiger partial charge in [0, 0.05) is 11.6 Å². The van der Waals surface area contributed by atoms with Gasteiger partial charge in [0.25, 0.3) is 0 Å². The standard InChI is InChI=1S/C12H15ClFNO3S2/c13-12-8(7-16)5-10(6-11(12)14)20(17,18)15-9-1-3-19-4-2-9/h5-6,9,15-16H,1-4,7H2. The Bertz CT molecular complexity index is 589. The molecular weight excluding hydrogens is 325 g/mol. The highest BCUT2D eigenvalue weighted by molar-refractivity contribution is 7.99. The Labute approximate surface area is 126 Å². The normalized spacial score (nSPS) is 17.4. The Morgan fingerprint density at radius 1 is 1.40 bits per heavy atom. The molecule has 1 saturated heterocycles. The lowest BCUT2D eigenvalue weighted by atomic mass is 10.2. The fourth-order valence-corrected chi connectivity index (χ4v) is 4.63. The van der Waals surface area contributed by atoms with E-state index in [1.165, 1.54) is 6.07 Å². The first-order chi connectivity index (χ1) is 9.44. The topological polar surface area (TPSA) is 66.4 Å². The molecule has 0 unspecified atom stereocenters. The summed E-state index contributed by atoms with van der Waals surface area (Å²) >= 11 is 7.44. The summed E-state index contributed by atoms with van der Waals surface area (Å²) in [6.45, 7) is -0.515. The minimum absolute atomic E-state index is 0.0613. The molecule has 0 amide bonds. The van der Waals surface area contributed by atoms with Gasteiger partial charge in [-0.2, -0.15) is 11.8 Å². The lowest BCUT2D eigenvalue weighted by molar-refractivity contribution is 0.281. The van der Waals surface area contributed by atoms with E-state index in [-0.39, 0.29) is 21.5 Å². The monoisotopic (exact) mass is 339 g/mol. The molecule has 0 atom stereocenters. The summed E-state index contributed by atoms with van der Waals surface area (Å²) in [5.41, 5.74) is 0.0613. The number of hydrogen-bond donors (Lipinski definition) is 2. The second-order valence-corrected chi connectivity index (χ2v) is 7.86. The Hall–Kier alpha value is -0.340. The van der Waals surface area contributed by atoms with Crippen LogP contribution in [-0.4, -0.2) is 31.1 Å². The molecule has 0 bridgehead atoms. The van der Waals surface area contributed by atoms with Crippen molar-refractivity contribution in [2.45, 2.75) is 30.4 Å². The van der Waals surface area contributed by atoms with Crippen LogP contribution in [-0.2, 0) is 16.6 Å².